The first kappa shape index (κ1) is 16.8. The highest BCUT2D eigenvalue weighted by Crippen LogP contribution is 2.21. The fraction of sp³-hybridized carbons (Fsp3) is 0.571. The number of benzene rings is 1. The van der Waals surface area contributed by atoms with E-state index in [9.17, 15) is 13.2 Å². The third-order valence-electron chi connectivity index (χ3n) is 2.76. The van der Waals surface area contributed by atoms with Gasteiger partial charge < -0.3 is 14.8 Å². The molecule has 0 heterocycles. The van der Waals surface area contributed by atoms with Gasteiger partial charge in [-0.3, -0.25) is 0 Å². The molecule has 1 atom stereocenters. The van der Waals surface area contributed by atoms with Crippen LogP contribution in [0.25, 0.3) is 0 Å². The van der Waals surface area contributed by atoms with Crippen molar-refractivity contribution in [2.45, 2.75) is 25.6 Å². The van der Waals surface area contributed by atoms with E-state index in [1.54, 1.807) is 7.05 Å². The minimum absolute atomic E-state index is 0.140. The monoisotopic (exact) mass is 291 g/mol. The number of likely N-dealkylation sites (N-methyl/N-ethyl adjacent to an activating group) is 1. The van der Waals surface area contributed by atoms with Gasteiger partial charge in [0.15, 0.2) is 0 Å². The van der Waals surface area contributed by atoms with Gasteiger partial charge in [-0.15, -0.1) is 0 Å². The van der Waals surface area contributed by atoms with Crippen molar-refractivity contribution in [2.24, 2.45) is 0 Å². The average Bonchev–Trinajstić information content (AvgIpc) is 2.39. The van der Waals surface area contributed by atoms with Crippen LogP contribution in [0, 0.1) is 0 Å². The molecule has 6 heteroatoms. The Balaban J connectivity index is 2.45. The number of ether oxygens (including phenoxy) is 2. The highest BCUT2D eigenvalue weighted by Gasteiger charge is 2.26. The summed E-state index contributed by atoms with van der Waals surface area (Å²) >= 11 is 0. The van der Waals surface area contributed by atoms with Crippen molar-refractivity contribution < 1.29 is 22.6 Å². The van der Waals surface area contributed by atoms with E-state index in [0.717, 1.165) is 11.3 Å². The van der Waals surface area contributed by atoms with Crippen molar-refractivity contribution in [3.8, 4) is 5.75 Å². The molecule has 0 fully saturated rings. The van der Waals surface area contributed by atoms with Crippen LogP contribution in [0.2, 0.25) is 0 Å². The molecule has 0 aliphatic rings. The van der Waals surface area contributed by atoms with E-state index in [4.69, 9.17) is 9.47 Å². The normalized spacial score (nSPS) is 13.2. The van der Waals surface area contributed by atoms with E-state index < -0.39 is 12.6 Å². The van der Waals surface area contributed by atoms with Crippen molar-refractivity contribution in [1.29, 1.82) is 0 Å². The van der Waals surface area contributed by atoms with E-state index in [0.29, 0.717) is 6.61 Å². The van der Waals surface area contributed by atoms with E-state index in [1.807, 2.05) is 31.2 Å². The summed E-state index contributed by atoms with van der Waals surface area (Å²) in [4.78, 5) is 0. The Morgan fingerprint density at radius 1 is 1.20 bits per heavy atom. The van der Waals surface area contributed by atoms with Gasteiger partial charge in [0.25, 0.3) is 0 Å². The Morgan fingerprint density at radius 2 is 1.85 bits per heavy atom. The molecule has 0 aliphatic carbocycles. The molecular formula is C14H20F3NO2. The van der Waals surface area contributed by atoms with Crippen molar-refractivity contribution in [1.82, 2.24) is 5.32 Å². The summed E-state index contributed by atoms with van der Waals surface area (Å²) in [7, 11) is 1.74. The van der Waals surface area contributed by atoms with Gasteiger partial charge >= 0.3 is 6.18 Å². The van der Waals surface area contributed by atoms with Crippen molar-refractivity contribution >= 4 is 0 Å². The summed E-state index contributed by atoms with van der Waals surface area (Å²) < 4.78 is 46.4. The highest BCUT2D eigenvalue weighted by atomic mass is 19.4. The molecule has 1 aromatic carbocycles. The standard InChI is InChI=1S/C14H20F3NO2/c1-3-20-12-6-4-11(5-7-12)13(18-2)10-19-9-8-14(15,16)17/h4-7,13,18H,3,8-10H2,1-2H3. The molecule has 20 heavy (non-hydrogen) atoms. The predicted molar refractivity (Wildman–Crippen MR) is 70.9 cm³/mol. The van der Waals surface area contributed by atoms with Gasteiger partial charge in [-0.25, -0.2) is 0 Å². The summed E-state index contributed by atoms with van der Waals surface area (Å²) in [6.45, 7) is 2.37. The van der Waals surface area contributed by atoms with Gasteiger partial charge in [0.1, 0.15) is 5.75 Å². The van der Waals surface area contributed by atoms with Gasteiger partial charge in [-0.1, -0.05) is 12.1 Å². The highest BCUT2D eigenvalue weighted by molar-refractivity contribution is 5.29. The number of nitrogens with one attached hydrogen (secondary N) is 1. The maximum Gasteiger partial charge on any atom is 0.391 e. The molecule has 1 rings (SSSR count). The Bertz CT molecular complexity index is 379. The SMILES string of the molecule is CCOc1ccc(C(COCCC(F)(F)F)NC)cc1. The first-order valence-electron chi connectivity index (χ1n) is 6.50. The molecule has 1 aromatic rings. The Labute approximate surface area is 117 Å². The largest absolute Gasteiger partial charge is 0.494 e. The van der Waals surface area contributed by atoms with E-state index in [-0.39, 0.29) is 19.3 Å². The van der Waals surface area contributed by atoms with Crippen LogP contribution in [0.1, 0.15) is 24.9 Å². The van der Waals surface area contributed by atoms with E-state index in [2.05, 4.69) is 5.32 Å². The van der Waals surface area contributed by atoms with Gasteiger partial charge in [0, 0.05) is 0 Å². The summed E-state index contributed by atoms with van der Waals surface area (Å²) in [5.41, 5.74) is 0.947. The molecule has 0 bridgehead atoms. The number of hydrogen-bond donors (Lipinski definition) is 1. The smallest absolute Gasteiger partial charge is 0.391 e. The van der Waals surface area contributed by atoms with Crippen LogP contribution in [0.5, 0.6) is 5.75 Å². The summed E-state index contributed by atoms with van der Waals surface area (Å²) in [5.74, 6) is 0.768. The number of alkyl halides is 3. The van der Waals surface area contributed by atoms with Gasteiger partial charge in [0.05, 0.1) is 32.3 Å². The molecule has 3 nitrogen and oxygen atoms in total. The Hall–Kier alpha value is -1.27. The second-order valence-electron chi connectivity index (χ2n) is 4.28. The van der Waals surface area contributed by atoms with Crippen molar-refractivity contribution in [3.05, 3.63) is 29.8 Å². The minimum Gasteiger partial charge on any atom is -0.494 e. The summed E-state index contributed by atoms with van der Waals surface area (Å²) in [5, 5.41) is 3.02. The lowest BCUT2D eigenvalue weighted by molar-refractivity contribution is -0.145. The average molecular weight is 291 g/mol. The quantitative estimate of drug-likeness (QED) is 0.745. The molecular weight excluding hydrogens is 271 g/mol. The van der Waals surface area contributed by atoms with Crippen LogP contribution in [0.15, 0.2) is 24.3 Å². The van der Waals surface area contributed by atoms with E-state index in [1.165, 1.54) is 0 Å². The summed E-state index contributed by atoms with van der Waals surface area (Å²) in [6, 6.07) is 7.27. The maximum absolute atomic E-state index is 12.0. The van der Waals surface area contributed by atoms with Crippen LogP contribution in [-0.4, -0.2) is 33.0 Å². The molecule has 0 aliphatic heterocycles. The number of halogens is 3. The maximum atomic E-state index is 12.0. The second-order valence-corrected chi connectivity index (χ2v) is 4.28. The van der Waals surface area contributed by atoms with Crippen LogP contribution >= 0.6 is 0 Å². The van der Waals surface area contributed by atoms with Gasteiger partial charge in [0.2, 0.25) is 0 Å². The molecule has 0 aromatic heterocycles. The Kier molecular flexibility index (Phi) is 6.81. The molecule has 0 radical (unpaired) electrons. The minimum atomic E-state index is -4.17. The lowest BCUT2D eigenvalue weighted by Gasteiger charge is -2.17. The molecule has 1 N–H and O–H groups in total. The first-order chi connectivity index (χ1) is 9.46. The fourth-order valence-corrected chi connectivity index (χ4v) is 1.70. The Morgan fingerprint density at radius 3 is 2.35 bits per heavy atom. The molecule has 0 amide bonds. The molecule has 1 unspecified atom stereocenters. The predicted octanol–water partition coefficient (Wildman–Crippen LogP) is 3.31. The van der Waals surface area contributed by atoms with Gasteiger partial charge in [-0.2, -0.15) is 13.2 Å². The van der Waals surface area contributed by atoms with Crippen LogP contribution in [-0.2, 0) is 4.74 Å². The molecule has 0 saturated carbocycles. The number of hydrogen-bond acceptors (Lipinski definition) is 3. The molecule has 0 spiro atoms. The molecule has 0 saturated heterocycles. The first-order valence-corrected chi connectivity index (χ1v) is 6.50. The zero-order valence-corrected chi connectivity index (χ0v) is 11.7. The molecule has 114 valence electrons. The number of rotatable bonds is 8. The van der Waals surface area contributed by atoms with Gasteiger partial charge in [-0.05, 0) is 31.7 Å². The van der Waals surface area contributed by atoms with Crippen LogP contribution < -0.4 is 10.1 Å². The second kappa shape index (κ2) is 8.11. The summed E-state index contributed by atoms with van der Waals surface area (Å²) in [6.07, 6.45) is -5.10. The lowest BCUT2D eigenvalue weighted by atomic mass is 10.1. The topological polar surface area (TPSA) is 30.5 Å². The van der Waals surface area contributed by atoms with Crippen LogP contribution in [0.3, 0.4) is 0 Å². The third-order valence-corrected chi connectivity index (χ3v) is 2.76. The van der Waals surface area contributed by atoms with Crippen LogP contribution in [0.4, 0.5) is 13.2 Å². The van der Waals surface area contributed by atoms with Crippen molar-refractivity contribution in [3.63, 3.8) is 0 Å². The third kappa shape index (κ3) is 6.25. The lowest BCUT2D eigenvalue weighted by Crippen LogP contribution is -2.23. The van der Waals surface area contributed by atoms with Crippen molar-refractivity contribution in [2.75, 3.05) is 26.9 Å². The van der Waals surface area contributed by atoms with E-state index >= 15 is 0 Å². The zero-order valence-electron chi connectivity index (χ0n) is 11.7. The zero-order chi connectivity index (χ0) is 15.0. The fourth-order valence-electron chi connectivity index (χ4n) is 1.70.